The van der Waals surface area contributed by atoms with Gasteiger partial charge in [0.05, 0.1) is 6.54 Å². The van der Waals surface area contributed by atoms with Crippen molar-refractivity contribution >= 4 is 12.2 Å². The van der Waals surface area contributed by atoms with Crippen molar-refractivity contribution in [3.63, 3.8) is 0 Å². The molecule has 2 rings (SSSR count). The second-order valence-electron chi connectivity index (χ2n) is 4.30. The molecule has 17 heavy (non-hydrogen) atoms. The molecule has 0 radical (unpaired) electrons. The molecule has 0 saturated carbocycles. The maximum absolute atomic E-state index is 11.4. The summed E-state index contributed by atoms with van der Waals surface area (Å²) >= 11 is 0. The quantitative estimate of drug-likeness (QED) is 0.861. The van der Waals surface area contributed by atoms with Gasteiger partial charge in [0.15, 0.2) is 0 Å². The first-order valence-electron chi connectivity index (χ1n) is 5.68. The average molecular weight is 229 g/mol. The molecule has 0 fully saturated rings. The molecular formula is C14H15NO2. The number of aliphatic imine (C=N–C) groups is 1. The van der Waals surface area contributed by atoms with Crippen molar-refractivity contribution in [3.8, 4) is 0 Å². The monoisotopic (exact) mass is 229 g/mol. The largest absolute Gasteiger partial charge is 0.481 e. The van der Waals surface area contributed by atoms with Gasteiger partial charge in [-0.05, 0) is 24.5 Å². The third-order valence-electron chi connectivity index (χ3n) is 3.11. The van der Waals surface area contributed by atoms with Gasteiger partial charge in [0.25, 0.3) is 0 Å². The molecule has 3 nitrogen and oxygen atoms in total. The van der Waals surface area contributed by atoms with Gasteiger partial charge < -0.3 is 5.11 Å². The fraction of sp³-hybridized carbons (Fsp3) is 0.286. The maximum Gasteiger partial charge on any atom is 0.315 e. The number of dihydropyridines is 1. The van der Waals surface area contributed by atoms with Crippen molar-refractivity contribution in [2.75, 3.05) is 6.54 Å². The summed E-state index contributed by atoms with van der Waals surface area (Å²) < 4.78 is 0. The number of hydrogen-bond donors (Lipinski definition) is 1. The third-order valence-corrected chi connectivity index (χ3v) is 3.11. The minimum atomic E-state index is -0.829. The highest BCUT2D eigenvalue weighted by molar-refractivity contribution is 5.82. The molecule has 0 spiro atoms. The van der Waals surface area contributed by atoms with Crippen LogP contribution in [0.1, 0.15) is 12.0 Å². The fourth-order valence-electron chi connectivity index (χ4n) is 1.98. The number of hydrogen-bond acceptors (Lipinski definition) is 2. The van der Waals surface area contributed by atoms with Crippen molar-refractivity contribution < 1.29 is 9.90 Å². The summed E-state index contributed by atoms with van der Waals surface area (Å²) in [6.45, 7) is 0.339. The Morgan fingerprint density at radius 1 is 1.35 bits per heavy atom. The summed E-state index contributed by atoms with van der Waals surface area (Å²) in [5.41, 5.74) is 0.334. The molecule has 0 aliphatic carbocycles. The van der Waals surface area contributed by atoms with Crippen molar-refractivity contribution in [1.82, 2.24) is 0 Å². The summed E-state index contributed by atoms with van der Waals surface area (Å²) in [5, 5.41) is 9.34. The lowest BCUT2D eigenvalue weighted by molar-refractivity contribution is -0.145. The van der Waals surface area contributed by atoms with Gasteiger partial charge >= 0.3 is 5.97 Å². The van der Waals surface area contributed by atoms with Crippen LogP contribution in [0, 0.1) is 5.41 Å². The van der Waals surface area contributed by atoms with Gasteiger partial charge in [-0.2, -0.15) is 0 Å². The number of aliphatic carboxylic acids is 1. The number of benzene rings is 1. The zero-order valence-electron chi connectivity index (χ0n) is 9.54. The fourth-order valence-corrected chi connectivity index (χ4v) is 1.98. The Bertz CT molecular complexity index is 451. The number of nitrogens with zero attached hydrogens (tertiary/aromatic N) is 1. The van der Waals surface area contributed by atoms with Gasteiger partial charge in [-0.1, -0.05) is 36.4 Å². The Morgan fingerprint density at radius 3 is 2.71 bits per heavy atom. The lowest BCUT2D eigenvalue weighted by Gasteiger charge is -2.25. The number of allylic oxidation sites excluding steroid dienone is 1. The molecule has 1 atom stereocenters. The van der Waals surface area contributed by atoms with E-state index in [0.717, 1.165) is 12.0 Å². The second kappa shape index (κ2) is 4.95. The van der Waals surface area contributed by atoms with E-state index in [2.05, 4.69) is 4.99 Å². The zero-order valence-corrected chi connectivity index (χ0v) is 9.54. The molecule has 1 aromatic rings. The number of rotatable bonds is 4. The Balaban J connectivity index is 2.07. The van der Waals surface area contributed by atoms with Gasteiger partial charge in [-0.3, -0.25) is 9.79 Å². The highest BCUT2D eigenvalue weighted by Crippen LogP contribution is 2.28. The van der Waals surface area contributed by atoms with E-state index in [1.807, 2.05) is 30.3 Å². The first kappa shape index (κ1) is 11.6. The number of carboxylic acids is 1. The molecule has 0 bridgehead atoms. The van der Waals surface area contributed by atoms with Crippen LogP contribution in [-0.4, -0.2) is 23.8 Å². The summed E-state index contributed by atoms with van der Waals surface area (Å²) in [7, 11) is 0. The molecule has 0 aromatic heterocycles. The molecule has 1 unspecified atom stereocenters. The summed E-state index contributed by atoms with van der Waals surface area (Å²) in [6.07, 6.45) is 6.48. The number of aryl methyl sites for hydroxylation is 1. The number of carboxylic acid groups (broad SMARTS) is 1. The van der Waals surface area contributed by atoms with Crippen LogP contribution in [-0.2, 0) is 11.2 Å². The molecule has 88 valence electrons. The molecule has 3 heteroatoms. The van der Waals surface area contributed by atoms with E-state index in [9.17, 15) is 9.90 Å². The lowest BCUT2D eigenvalue weighted by Crippen LogP contribution is -2.34. The minimum Gasteiger partial charge on any atom is -0.481 e. The highest BCUT2D eigenvalue weighted by atomic mass is 16.4. The zero-order chi connectivity index (χ0) is 12.1. The molecule has 1 heterocycles. The SMILES string of the molecule is O=C(O)C1(CCc2ccccc2)C=CC=NC1. The first-order chi connectivity index (χ1) is 8.23. The Labute approximate surface area is 101 Å². The van der Waals surface area contributed by atoms with E-state index in [4.69, 9.17) is 0 Å². The highest BCUT2D eigenvalue weighted by Gasteiger charge is 2.36. The van der Waals surface area contributed by atoms with Crippen molar-refractivity contribution in [2.24, 2.45) is 10.4 Å². The topological polar surface area (TPSA) is 49.7 Å². The smallest absolute Gasteiger partial charge is 0.315 e. The Hall–Kier alpha value is -1.90. The average Bonchev–Trinajstić information content (AvgIpc) is 2.38. The van der Waals surface area contributed by atoms with Crippen molar-refractivity contribution in [1.29, 1.82) is 0 Å². The molecule has 1 aliphatic heterocycles. The van der Waals surface area contributed by atoms with Gasteiger partial charge in [0.1, 0.15) is 5.41 Å². The van der Waals surface area contributed by atoms with Crippen LogP contribution in [0.3, 0.4) is 0 Å². The van der Waals surface area contributed by atoms with E-state index < -0.39 is 11.4 Å². The normalized spacial score (nSPS) is 22.6. The maximum atomic E-state index is 11.4. The van der Waals surface area contributed by atoms with E-state index >= 15 is 0 Å². The Kier molecular flexibility index (Phi) is 3.38. The van der Waals surface area contributed by atoms with Crippen LogP contribution in [0.25, 0.3) is 0 Å². The van der Waals surface area contributed by atoms with E-state index in [1.54, 1.807) is 18.4 Å². The van der Waals surface area contributed by atoms with Crippen LogP contribution in [0.15, 0.2) is 47.5 Å². The molecular weight excluding hydrogens is 214 g/mol. The van der Waals surface area contributed by atoms with Crippen LogP contribution < -0.4 is 0 Å². The minimum absolute atomic E-state index is 0.339. The van der Waals surface area contributed by atoms with Crippen LogP contribution in [0.2, 0.25) is 0 Å². The van der Waals surface area contributed by atoms with Crippen LogP contribution in [0.5, 0.6) is 0 Å². The Morgan fingerprint density at radius 2 is 2.12 bits per heavy atom. The second-order valence-corrected chi connectivity index (χ2v) is 4.30. The summed E-state index contributed by atoms with van der Waals surface area (Å²) in [6, 6.07) is 9.94. The van der Waals surface area contributed by atoms with Gasteiger partial charge in [0, 0.05) is 6.21 Å². The van der Waals surface area contributed by atoms with E-state index in [0.29, 0.717) is 13.0 Å². The molecule has 1 aromatic carbocycles. The first-order valence-corrected chi connectivity index (χ1v) is 5.68. The summed E-state index contributed by atoms with van der Waals surface area (Å²) in [4.78, 5) is 15.4. The standard InChI is InChI=1S/C14H15NO2/c16-13(17)14(8-4-10-15-11-14)9-7-12-5-2-1-3-6-12/h1-6,8,10H,7,9,11H2,(H,16,17). The van der Waals surface area contributed by atoms with Crippen molar-refractivity contribution in [2.45, 2.75) is 12.8 Å². The molecule has 1 N–H and O–H groups in total. The molecule has 1 aliphatic rings. The predicted octanol–water partition coefficient (Wildman–Crippen LogP) is 2.33. The van der Waals surface area contributed by atoms with Crippen LogP contribution >= 0.6 is 0 Å². The summed E-state index contributed by atoms with van der Waals surface area (Å²) in [5.74, 6) is -0.790. The van der Waals surface area contributed by atoms with Crippen molar-refractivity contribution in [3.05, 3.63) is 48.0 Å². The van der Waals surface area contributed by atoms with E-state index in [1.165, 1.54) is 0 Å². The lowest BCUT2D eigenvalue weighted by atomic mass is 9.81. The third kappa shape index (κ3) is 2.61. The van der Waals surface area contributed by atoms with Gasteiger partial charge in [0.2, 0.25) is 0 Å². The predicted molar refractivity (Wildman–Crippen MR) is 67.3 cm³/mol. The van der Waals surface area contributed by atoms with E-state index in [-0.39, 0.29) is 0 Å². The molecule has 0 saturated heterocycles. The van der Waals surface area contributed by atoms with Gasteiger partial charge in [-0.15, -0.1) is 0 Å². The van der Waals surface area contributed by atoms with Crippen LogP contribution in [0.4, 0.5) is 0 Å². The number of carbonyl (C=O) groups is 1. The van der Waals surface area contributed by atoms with Gasteiger partial charge in [-0.25, -0.2) is 0 Å². The molecule has 0 amide bonds.